The molecule has 1 aliphatic heterocycles. The number of aromatic carboxylic acids is 1. The monoisotopic (exact) mass is 387 g/mol. The van der Waals surface area contributed by atoms with Crippen LogP contribution in [0, 0.1) is 6.92 Å². The molecule has 0 unspecified atom stereocenters. The fourth-order valence-electron chi connectivity index (χ4n) is 4.09. The van der Waals surface area contributed by atoms with Crippen LogP contribution in [0.4, 0.5) is 0 Å². The average molecular weight is 387 g/mol. The Morgan fingerprint density at radius 1 is 1.14 bits per heavy atom. The Labute approximate surface area is 171 Å². The van der Waals surface area contributed by atoms with Gasteiger partial charge in [0, 0.05) is 31.4 Å². The Kier molecular flexibility index (Phi) is 5.67. The van der Waals surface area contributed by atoms with Gasteiger partial charge in [-0.15, -0.1) is 0 Å². The van der Waals surface area contributed by atoms with E-state index in [2.05, 4.69) is 27.0 Å². The van der Waals surface area contributed by atoms with Gasteiger partial charge in [-0.05, 0) is 49.1 Å². The minimum atomic E-state index is -0.900. The van der Waals surface area contributed by atoms with Gasteiger partial charge in [0.15, 0.2) is 0 Å². The van der Waals surface area contributed by atoms with Crippen molar-refractivity contribution >= 4 is 5.97 Å². The summed E-state index contributed by atoms with van der Waals surface area (Å²) in [7, 11) is 0. The SMILES string of the molecule is Cc1cncc([C@H]2CCCN(Cc3ccc(-c4ccccc4C(=O)O)cc3)C2)n1. The largest absolute Gasteiger partial charge is 0.478 e. The van der Waals surface area contributed by atoms with E-state index in [0.717, 1.165) is 55.0 Å². The van der Waals surface area contributed by atoms with E-state index in [1.165, 1.54) is 5.56 Å². The van der Waals surface area contributed by atoms with Crippen molar-refractivity contribution in [3.05, 3.63) is 83.4 Å². The van der Waals surface area contributed by atoms with E-state index >= 15 is 0 Å². The van der Waals surface area contributed by atoms with Gasteiger partial charge in [0.25, 0.3) is 0 Å². The van der Waals surface area contributed by atoms with Crippen LogP contribution in [0.2, 0.25) is 0 Å². The van der Waals surface area contributed by atoms with E-state index in [9.17, 15) is 9.90 Å². The van der Waals surface area contributed by atoms with Crippen LogP contribution in [-0.4, -0.2) is 39.0 Å². The number of aromatic nitrogens is 2. The van der Waals surface area contributed by atoms with Crippen LogP contribution < -0.4 is 0 Å². The van der Waals surface area contributed by atoms with E-state index in [0.29, 0.717) is 11.5 Å². The first-order chi connectivity index (χ1) is 14.1. The molecule has 1 fully saturated rings. The molecule has 0 radical (unpaired) electrons. The van der Waals surface area contributed by atoms with Crippen molar-refractivity contribution in [1.29, 1.82) is 0 Å². The highest BCUT2D eigenvalue weighted by Crippen LogP contribution is 2.28. The fraction of sp³-hybridized carbons (Fsp3) is 0.292. The van der Waals surface area contributed by atoms with Crippen molar-refractivity contribution in [2.24, 2.45) is 0 Å². The zero-order valence-corrected chi connectivity index (χ0v) is 16.6. The average Bonchev–Trinajstić information content (AvgIpc) is 2.74. The van der Waals surface area contributed by atoms with E-state index in [1.807, 2.05) is 37.4 Å². The molecule has 5 nitrogen and oxygen atoms in total. The minimum Gasteiger partial charge on any atom is -0.478 e. The maximum Gasteiger partial charge on any atom is 0.336 e. The molecule has 0 amide bonds. The quantitative estimate of drug-likeness (QED) is 0.697. The van der Waals surface area contributed by atoms with E-state index in [4.69, 9.17) is 0 Å². The maximum absolute atomic E-state index is 11.5. The smallest absolute Gasteiger partial charge is 0.336 e. The summed E-state index contributed by atoms with van der Waals surface area (Å²) in [5, 5.41) is 9.42. The third-order valence-corrected chi connectivity index (χ3v) is 5.53. The number of rotatable bonds is 5. The van der Waals surface area contributed by atoms with Crippen molar-refractivity contribution in [3.63, 3.8) is 0 Å². The second-order valence-corrected chi connectivity index (χ2v) is 7.71. The predicted octanol–water partition coefficient (Wildman–Crippen LogP) is 4.53. The van der Waals surface area contributed by atoms with Crippen LogP contribution in [0.1, 0.15) is 46.1 Å². The lowest BCUT2D eigenvalue weighted by molar-refractivity contribution is 0.0697. The number of carbonyl (C=O) groups is 1. The molecule has 4 rings (SSSR count). The van der Waals surface area contributed by atoms with Gasteiger partial charge in [-0.3, -0.25) is 14.9 Å². The first-order valence-corrected chi connectivity index (χ1v) is 10.0. The van der Waals surface area contributed by atoms with E-state index in [1.54, 1.807) is 18.3 Å². The number of likely N-dealkylation sites (tertiary alicyclic amines) is 1. The molecule has 3 aromatic rings. The Morgan fingerprint density at radius 2 is 1.93 bits per heavy atom. The zero-order chi connectivity index (χ0) is 20.2. The highest BCUT2D eigenvalue weighted by molar-refractivity contribution is 5.95. The first-order valence-electron chi connectivity index (χ1n) is 10.0. The highest BCUT2D eigenvalue weighted by atomic mass is 16.4. The Hall–Kier alpha value is -3.05. The van der Waals surface area contributed by atoms with Crippen molar-refractivity contribution in [2.75, 3.05) is 13.1 Å². The summed E-state index contributed by atoms with van der Waals surface area (Å²) in [6, 6.07) is 15.4. The van der Waals surface area contributed by atoms with Gasteiger partial charge in [-0.2, -0.15) is 0 Å². The molecule has 2 aromatic carbocycles. The number of aryl methyl sites for hydroxylation is 1. The third-order valence-electron chi connectivity index (χ3n) is 5.53. The predicted molar refractivity (Wildman–Crippen MR) is 113 cm³/mol. The van der Waals surface area contributed by atoms with Crippen LogP contribution >= 0.6 is 0 Å². The Morgan fingerprint density at radius 3 is 2.69 bits per heavy atom. The topological polar surface area (TPSA) is 66.3 Å². The molecule has 1 N–H and O–H groups in total. The number of nitrogens with zero attached hydrogens (tertiary/aromatic N) is 3. The minimum absolute atomic E-state index is 0.332. The Bertz CT molecular complexity index is 1000. The number of hydrogen-bond acceptors (Lipinski definition) is 4. The normalized spacial score (nSPS) is 17.2. The Balaban J connectivity index is 1.46. The van der Waals surface area contributed by atoms with Gasteiger partial charge in [0.1, 0.15) is 0 Å². The molecular weight excluding hydrogens is 362 g/mol. The molecule has 1 aromatic heterocycles. The van der Waals surface area contributed by atoms with Crippen molar-refractivity contribution in [2.45, 2.75) is 32.2 Å². The lowest BCUT2D eigenvalue weighted by Gasteiger charge is -2.32. The van der Waals surface area contributed by atoms with E-state index < -0.39 is 5.97 Å². The van der Waals surface area contributed by atoms with Crippen molar-refractivity contribution in [3.8, 4) is 11.1 Å². The van der Waals surface area contributed by atoms with Crippen LogP contribution in [0.5, 0.6) is 0 Å². The van der Waals surface area contributed by atoms with Gasteiger partial charge < -0.3 is 5.11 Å². The molecular formula is C24H25N3O2. The lowest BCUT2D eigenvalue weighted by Crippen LogP contribution is -2.34. The van der Waals surface area contributed by atoms with Crippen LogP contribution in [0.25, 0.3) is 11.1 Å². The lowest BCUT2D eigenvalue weighted by atomic mass is 9.94. The van der Waals surface area contributed by atoms with Crippen LogP contribution in [0.3, 0.4) is 0 Å². The summed E-state index contributed by atoms with van der Waals surface area (Å²) >= 11 is 0. The second-order valence-electron chi connectivity index (χ2n) is 7.71. The number of hydrogen-bond donors (Lipinski definition) is 1. The maximum atomic E-state index is 11.5. The summed E-state index contributed by atoms with van der Waals surface area (Å²) < 4.78 is 0. The molecule has 29 heavy (non-hydrogen) atoms. The van der Waals surface area contributed by atoms with Gasteiger partial charge in [-0.25, -0.2) is 4.79 Å². The molecule has 148 valence electrons. The van der Waals surface area contributed by atoms with Gasteiger partial charge in [0.2, 0.25) is 0 Å². The van der Waals surface area contributed by atoms with E-state index in [-0.39, 0.29) is 0 Å². The molecule has 1 saturated heterocycles. The molecule has 0 saturated carbocycles. The molecule has 0 aliphatic carbocycles. The number of carboxylic acid groups (broad SMARTS) is 1. The molecule has 2 heterocycles. The first kappa shape index (κ1) is 19.3. The number of benzene rings is 2. The van der Waals surface area contributed by atoms with Gasteiger partial charge in [0.05, 0.1) is 17.0 Å². The van der Waals surface area contributed by atoms with Crippen LogP contribution in [0.15, 0.2) is 60.9 Å². The number of carboxylic acids is 1. The molecule has 0 spiro atoms. The molecule has 1 atom stereocenters. The summed E-state index contributed by atoms with van der Waals surface area (Å²) in [4.78, 5) is 22.9. The summed E-state index contributed by atoms with van der Waals surface area (Å²) in [5.74, 6) is -0.471. The summed E-state index contributed by atoms with van der Waals surface area (Å²) in [6.45, 7) is 4.94. The van der Waals surface area contributed by atoms with Crippen molar-refractivity contribution in [1.82, 2.24) is 14.9 Å². The van der Waals surface area contributed by atoms with Crippen LogP contribution in [-0.2, 0) is 6.54 Å². The number of piperidine rings is 1. The highest BCUT2D eigenvalue weighted by Gasteiger charge is 2.22. The van der Waals surface area contributed by atoms with Crippen molar-refractivity contribution < 1.29 is 9.90 Å². The molecule has 5 heteroatoms. The second kappa shape index (κ2) is 8.53. The third kappa shape index (κ3) is 4.51. The standard InChI is InChI=1S/C24H25N3O2/c1-17-13-25-14-23(26-17)20-5-4-12-27(16-20)15-18-8-10-19(11-9-18)21-6-2-3-7-22(21)24(28)29/h2-3,6-11,13-14,20H,4-5,12,15-16H2,1H3,(H,28,29)/t20-/m0/s1. The zero-order valence-electron chi connectivity index (χ0n) is 16.6. The summed E-state index contributed by atoms with van der Waals surface area (Å²) in [5.41, 5.74) is 5.31. The fourth-order valence-corrected chi connectivity index (χ4v) is 4.09. The summed E-state index contributed by atoms with van der Waals surface area (Å²) in [6.07, 6.45) is 6.01. The van der Waals surface area contributed by atoms with Gasteiger partial charge >= 0.3 is 5.97 Å². The van der Waals surface area contributed by atoms with Gasteiger partial charge in [-0.1, -0.05) is 42.5 Å². The molecule has 1 aliphatic rings. The molecule has 0 bridgehead atoms.